The highest BCUT2D eigenvalue weighted by molar-refractivity contribution is 9.10. The number of H-pyrrole nitrogens is 1. The monoisotopic (exact) mass is 292 g/mol. The van der Waals surface area contributed by atoms with Crippen LogP contribution in [0.3, 0.4) is 0 Å². The van der Waals surface area contributed by atoms with Gasteiger partial charge in [0, 0.05) is 9.86 Å². The van der Waals surface area contributed by atoms with Gasteiger partial charge in [-0.15, -0.1) is 10.2 Å². The molecule has 84 valence electrons. The molecule has 3 rings (SSSR count). The van der Waals surface area contributed by atoms with Gasteiger partial charge in [0.25, 0.3) is 0 Å². The fourth-order valence-corrected chi connectivity index (χ4v) is 1.86. The van der Waals surface area contributed by atoms with Gasteiger partial charge >= 0.3 is 5.63 Å². The molecule has 6 nitrogen and oxygen atoms in total. The Labute approximate surface area is 103 Å². The van der Waals surface area contributed by atoms with Crippen molar-refractivity contribution in [2.75, 3.05) is 0 Å². The molecule has 0 aliphatic carbocycles. The highest BCUT2D eigenvalue weighted by Crippen LogP contribution is 2.21. The molecule has 0 saturated carbocycles. The second-order valence-corrected chi connectivity index (χ2v) is 4.28. The molecule has 0 fully saturated rings. The van der Waals surface area contributed by atoms with Gasteiger partial charge in [-0.1, -0.05) is 22.0 Å². The summed E-state index contributed by atoms with van der Waals surface area (Å²) in [5.41, 5.74) is 0.308. The van der Waals surface area contributed by atoms with Crippen molar-refractivity contribution in [3.63, 3.8) is 0 Å². The molecule has 0 spiro atoms. The van der Waals surface area contributed by atoms with Crippen molar-refractivity contribution >= 4 is 26.9 Å². The third-order valence-corrected chi connectivity index (χ3v) is 2.78. The zero-order chi connectivity index (χ0) is 11.8. The zero-order valence-corrected chi connectivity index (χ0v) is 9.93. The molecule has 1 aromatic carbocycles. The lowest BCUT2D eigenvalue weighted by molar-refractivity contribution is 0.562. The van der Waals surface area contributed by atoms with Gasteiger partial charge in [-0.25, -0.2) is 4.79 Å². The van der Waals surface area contributed by atoms with Gasteiger partial charge in [0.05, 0.1) is 0 Å². The number of tetrazole rings is 1. The molecule has 17 heavy (non-hydrogen) atoms. The van der Waals surface area contributed by atoms with E-state index in [0.717, 1.165) is 9.86 Å². The van der Waals surface area contributed by atoms with Crippen LogP contribution in [0.2, 0.25) is 0 Å². The third-order valence-electron chi connectivity index (χ3n) is 2.28. The normalized spacial score (nSPS) is 10.9. The Bertz CT molecular complexity index is 736. The van der Waals surface area contributed by atoms with E-state index in [-0.39, 0.29) is 11.4 Å². The van der Waals surface area contributed by atoms with Crippen LogP contribution in [0.4, 0.5) is 0 Å². The number of hydrogen-bond donors (Lipinski definition) is 1. The minimum absolute atomic E-state index is 0.226. The lowest BCUT2D eigenvalue weighted by Gasteiger charge is -1.98. The zero-order valence-electron chi connectivity index (χ0n) is 8.35. The largest absolute Gasteiger partial charge is 0.422 e. The number of nitrogens with zero attached hydrogens (tertiary/aromatic N) is 3. The molecule has 0 aliphatic rings. The van der Waals surface area contributed by atoms with Crippen molar-refractivity contribution in [1.29, 1.82) is 0 Å². The first-order chi connectivity index (χ1) is 8.24. The molecule has 2 heterocycles. The van der Waals surface area contributed by atoms with Gasteiger partial charge in [0.15, 0.2) is 0 Å². The number of aromatic amines is 1. The second kappa shape index (κ2) is 3.77. The molecule has 0 saturated heterocycles. The van der Waals surface area contributed by atoms with E-state index in [4.69, 9.17) is 4.42 Å². The average Bonchev–Trinajstić information content (AvgIpc) is 2.81. The lowest BCUT2D eigenvalue weighted by Crippen LogP contribution is -2.03. The Kier molecular flexibility index (Phi) is 2.25. The summed E-state index contributed by atoms with van der Waals surface area (Å²) < 4.78 is 6.04. The summed E-state index contributed by atoms with van der Waals surface area (Å²) in [5, 5.41) is 14.0. The van der Waals surface area contributed by atoms with Crippen LogP contribution in [0.1, 0.15) is 0 Å². The Morgan fingerprint density at radius 1 is 1.29 bits per heavy atom. The van der Waals surface area contributed by atoms with Crippen molar-refractivity contribution in [3.8, 4) is 11.4 Å². The Balaban J connectivity index is 2.32. The molecule has 0 radical (unpaired) electrons. The van der Waals surface area contributed by atoms with Crippen LogP contribution in [-0.2, 0) is 0 Å². The molecule has 0 bridgehead atoms. The minimum atomic E-state index is -0.489. The van der Waals surface area contributed by atoms with Crippen LogP contribution in [-0.4, -0.2) is 20.6 Å². The number of rotatable bonds is 1. The molecule has 1 N–H and O–H groups in total. The van der Waals surface area contributed by atoms with Gasteiger partial charge in [-0.3, -0.25) is 0 Å². The van der Waals surface area contributed by atoms with Gasteiger partial charge < -0.3 is 4.42 Å². The van der Waals surface area contributed by atoms with Crippen molar-refractivity contribution in [2.24, 2.45) is 0 Å². The minimum Gasteiger partial charge on any atom is -0.422 e. The first-order valence-corrected chi connectivity index (χ1v) is 5.50. The summed E-state index contributed by atoms with van der Waals surface area (Å²) in [7, 11) is 0. The second-order valence-electron chi connectivity index (χ2n) is 3.37. The average molecular weight is 293 g/mol. The van der Waals surface area contributed by atoms with Gasteiger partial charge in [-0.2, -0.15) is 5.21 Å². The van der Waals surface area contributed by atoms with E-state index in [1.165, 1.54) is 0 Å². The maximum absolute atomic E-state index is 11.7. The SMILES string of the molecule is O=c1oc2cc(Br)ccc2cc1-c1nn[nH]n1. The molecular weight excluding hydrogens is 288 g/mol. The van der Waals surface area contributed by atoms with Crippen LogP contribution in [0.5, 0.6) is 0 Å². The molecule has 2 aromatic heterocycles. The van der Waals surface area contributed by atoms with E-state index in [1.54, 1.807) is 12.1 Å². The van der Waals surface area contributed by atoms with Crippen LogP contribution >= 0.6 is 15.9 Å². The highest BCUT2D eigenvalue weighted by Gasteiger charge is 2.11. The molecule has 0 unspecified atom stereocenters. The summed E-state index contributed by atoms with van der Waals surface area (Å²) in [4.78, 5) is 11.7. The quantitative estimate of drug-likeness (QED) is 0.691. The van der Waals surface area contributed by atoms with Crippen molar-refractivity contribution in [2.45, 2.75) is 0 Å². The van der Waals surface area contributed by atoms with Crippen molar-refractivity contribution in [1.82, 2.24) is 20.6 Å². The fraction of sp³-hybridized carbons (Fsp3) is 0. The van der Waals surface area contributed by atoms with E-state index < -0.39 is 5.63 Å². The van der Waals surface area contributed by atoms with Gasteiger partial charge in [-0.05, 0) is 23.4 Å². The molecule has 0 atom stereocenters. The van der Waals surface area contributed by atoms with Crippen molar-refractivity contribution < 1.29 is 4.42 Å². The number of aromatic nitrogens is 4. The number of halogens is 1. The van der Waals surface area contributed by atoms with Crippen LogP contribution in [0.25, 0.3) is 22.4 Å². The number of nitrogens with one attached hydrogen (secondary N) is 1. The predicted molar refractivity (Wildman–Crippen MR) is 63.4 cm³/mol. The maximum Gasteiger partial charge on any atom is 0.347 e. The smallest absolute Gasteiger partial charge is 0.347 e. The van der Waals surface area contributed by atoms with Crippen LogP contribution in [0.15, 0.2) is 37.9 Å². The fourth-order valence-electron chi connectivity index (χ4n) is 1.52. The first-order valence-electron chi connectivity index (χ1n) is 4.71. The van der Waals surface area contributed by atoms with Crippen LogP contribution in [0, 0.1) is 0 Å². The van der Waals surface area contributed by atoms with E-state index >= 15 is 0 Å². The standard InChI is InChI=1S/C10H5BrN4O2/c11-6-2-1-5-3-7(9-12-14-15-13-9)10(16)17-8(5)4-6/h1-4H,(H,12,13,14,15). The van der Waals surface area contributed by atoms with E-state index in [2.05, 4.69) is 36.6 Å². The number of fused-ring (bicyclic) bond motifs is 1. The molecule has 7 heteroatoms. The maximum atomic E-state index is 11.7. The molecular formula is C10H5BrN4O2. The molecule has 0 amide bonds. The number of benzene rings is 1. The van der Waals surface area contributed by atoms with E-state index in [9.17, 15) is 4.79 Å². The summed E-state index contributed by atoms with van der Waals surface area (Å²) in [6.45, 7) is 0. The van der Waals surface area contributed by atoms with Crippen LogP contribution < -0.4 is 5.63 Å². The van der Waals surface area contributed by atoms with Gasteiger partial charge in [0.2, 0.25) is 5.82 Å². The van der Waals surface area contributed by atoms with Crippen molar-refractivity contribution in [3.05, 3.63) is 39.2 Å². The lowest BCUT2D eigenvalue weighted by atomic mass is 10.2. The Hall–Kier alpha value is -2.02. The van der Waals surface area contributed by atoms with Gasteiger partial charge in [0.1, 0.15) is 11.1 Å². The summed E-state index contributed by atoms with van der Waals surface area (Å²) in [5.74, 6) is 0.226. The van der Waals surface area contributed by atoms with E-state index in [1.807, 2.05) is 12.1 Å². The first kappa shape index (κ1) is 10.2. The summed E-state index contributed by atoms with van der Waals surface area (Å²) in [6.07, 6.45) is 0. The summed E-state index contributed by atoms with van der Waals surface area (Å²) in [6, 6.07) is 7.11. The highest BCUT2D eigenvalue weighted by atomic mass is 79.9. The Morgan fingerprint density at radius 2 is 2.18 bits per heavy atom. The van der Waals surface area contributed by atoms with E-state index in [0.29, 0.717) is 5.58 Å². The Morgan fingerprint density at radius 3 is 2.94 bits per heavy atom. The number of hydrogen-bond acceptors (Lipinski definition) is 5. The topological polar surface area (TPSA) is 84.7 Å². The summed E-state index contributed by atoms with van der Waals surface area (Å²) >= 11 is 3.31. The molecule has 0 aliphatic heterocycles. The molecule has 3 aromatic rings. The predicted octanol–water partition coefficient (Wildman–Crippen LogP) is 1.74. The third kappa shape index (κ3) is 1.74.